The molecule has 0 radical (unpaired) electrons. The number of halogens is 1. The Labute approximate surface area is 114 Å². The second-order valence-electron chi connectivity index (χ2n) is 3.70. The van der Waals surface area contributed by atoms with Gasteiger partial charge in [0.15, 0.2) is 0 Å². The van der Waals surface area contributed by atoms with E-state index in [1.54, 1.807) is 48.7 Å². The number of hydrazone groups is 1. The smallest absolute Gasteiger partial charge is 0.272 e. The molecule has 2 aromatic rings. The summed E-state index contributed by atoms with van der Waals surface area (Å²) >= 11 is 5.76. The Balaban J connectivity index is 2.10. The van der Waals surface area contributed by atoms with Gasteiger partial charge in [-0.05, 0) is 23.8 Å². The van der Waals surface area contributed by atoms with Crippen LogP contribution in [0.4, 0.5) is 11.4 Å². The number of rotatable bonds is 4. The van der Waals surface area contributed by atoms with Gasteiger partial charge in [-0.15, -0.1) is 0 Å². The van der Waals surface area contributed by atoms with Gasteiger partial charge in [-0.2, -0.15) is 5.10 Å². The molecule has 2 aromatic carbocycles. The maximum Gasteiger partial charge on any atom is 0.294 e. The van der Waals surface area contributed by atoms with Crippen molar-refractivity contribution in [3.8, 4) is 0 Å². The summed E-state index contributed by atoms with van der Waals surface area (Å²) in [5.41, 5.74) is 3.82. The molecule has 1 N–H and O–H groups in total. The van der Waals surface area contributed by atoms with Crippen LogP contribution < -0.4 is 5.43 Å². The van der Waals surface area contributed by atoms with Crippen molar-refractivity contribution in [3.63, 3.8) is 0 Å². The molecule has 0 bridgehead atoms. The zero-order chi connectivity index (χ0) is 13.7. The third-order valence-electron chi connectivity index (χ3n) is 2.37. The minimum atomic E-state index is -0.458. The van der Waals surface area contributed by atoms with Gasteiger partial charge in [-0.3, -0.25) is 15.5 Å². The van der Waals surface area contributed by atoms with Crippen LogP contribution in [0.3, 0.4) is 0 Å². The molecule has 0 amide bonds. The fourth-order valence-electron chi connectivity index (χ4n) is 1.45. The van der Waals surface area contributed by atoms with E-state index in [4.69, 9.17) is 11.6 Å². The van der Waals surface area contributed by atoms with Crippen LogP contribution in [0, 0.1) is 10.1 Å². The summed E-state index contributed by atoms with van der Waals surface area (Å²) in [5.74, 6) is 0. The van der Waals surface area contributed by atoms with Crippen molar-refractivity contribution in [1.82, 2.24) is 0 Å². The highest BCUT2D eigenvalue weighted by molar-refractivity contribution is 6.30. The van der Waals surface area contributed by atoms with E-state index in [1.807, 2.05) is 0 Å². The number of para-hydroxylation sites is 2. The van der Waals surface area contributed by atoms with Crippen LogP contribution in [0.5, 0.6) is 0 Å². The van der Waals surface area contributed by atoms with E-state index in [0.29, 0.717) is 10.7 Å². The minimum Gasteiger partial charge on any atom is -0.272 e. The number of hydrogen-bond acceptors (Lipinski definition) is 4. The van der Waals surface area contributed by atoms with Gasteiger partial charge < -0.3 is 0 Å². The highest BCUT2D eigenvalue weighted by Crippen LogP contribution is 2.22. The largest absolute Gasteiger partial charge is 0.294 e. The molecule has 0 aliphatic carbocycles. The number of hydrogen-bond donors (Lipinski definition) is 1. The Kier molecular flexibility index (Phi) is 4.10. The van der Waals surface area contributed by atoms with E-state index in [9.17, 15) is 10.1 Å². The predicted octanol–water partition coefficient (Wildman–Crippen LogP) is 3.69. The normalized spacial score (nSPS) is 10.6. The Morgan fingerprint density at radius 3 is 2.53 bits per heavy atom. The van der Waals surface area contributed by atoms with E-state index in [2.05, 4.69) is 10.5 Å². The number of nitro benzene ring substituents is 1. The summed E-state index contributed by atoms with van der Waals surface area (Å²) in [6.07, 6.45) is 1.56. The van der Waals surface area contributed by atoms with Crippen molar-refractivity contribution in [2.24, 2.45) is 5.10 Å². The summed E-state index contributed by atoms with van der Waals surface area (Å²) in [4.78, 5) is 10.3. The summed E-state index contributed by atoms with van der Waals surface area (Å²) in [6.45, 7) is 0. The monoisotopic (exact) mass is 275 g/mol. The van der Waals surface area contributed by atoms with E-state index < -0.39 is 4.92 Å². The lowest BCUT2D eigenvalue weighted by Crippen LogP contribution is -1.96. The Bertz CT molecular complexity index is 612. The van der Waals surface area contributed by atoms with Gasteiger partial charge in [0.1, 0.15) is 5.69 Å². The first kappa shape index (κ1) is 13.0. The molecular weight excluding hydrogens is 266 g/mol. The molecule has 0 aromatic heterocycles. The molecule has 0 fully saturated rings. The van der Waals surface area contributed by atoms with Crippen molar-refractivity contribution < 1.29 is 4.92 Å². The van der Waals surface area contributed by atoms with E-state index in [0.717, 1.165) is 5.56 Å². The second-order valence-corrected chi connectivity index (χ2v) is 4.13. The number of nitrogens with zero attached hydrogens (tertiary/aromatic N) is 2. The highest BCUT2D eigenvalue weighted by Gasteiger charge is 2.10. The predicted molar refractivity (Wildman–Crippen MR) is 75.8 cm³/mol. The van der Waals surface area contributed by atoms with Gasteiger partial charge in [0, 0.05) is 11.1 Å². The van der Waals surface area contributed by atoms with Crippen molar-refractivity contribution in [3.05, 3.63) is 69.2 Å². The van der Waals surface area contributed by atoms with Crippen molar-refractivity contribution in [2.45, 2.75) is 0 Å². The third kappa shape index (κ3) is 3.53. The summed E-state index contributed by atoms with van der Waals surface area (Å²) in [5, 5.41) is 15.4. The number of benzene rings is 2. The fraction of sp³-hybridized carbons (Fsp3) is 0. The lowest BCUT2D eigenvalue weighted by molar-refractivity contribution is -0.384. The molecule has 0 heterocycles. The molecular formula is C13H10ClN3O2. The molecule has 0 saturated carbocycles. The Morgan fingerprint density at radius 2 is 1.84 bits per heavy atom. The quantitative estimate of drug-likeness (QED) is 0.525. The lowest BCUT2D eigenvalue weighted by Gasteiger charge is -2.01. The first-order valence-electron chi connectivity index (χ1n) is 5.45. The standard InChI is InChI=1S/C13H10ClN3O2/c14-11-7-5-10(6-8-11)9-15-16-12-3-1-2-4-13(12)17(18)19/h1-9,16H/b15-9+. The van der Waals surface area contributed by atoms with Crippen molar-refractivity contribution in [2.75, 3.05) is 5.43 Å². The van der Waals surface area contributed by atoms with Crippen LogP contribution in [-0.4, -0.2) is 11.1 Å². The van der Waals surface area contributed by atoms with Crippen molar-refractivity contribution >= 4 is 29.2 Å². The summed E-state index contributed by atoms with van der Waals surface area (Å²) in [7, 11) is 0. The molecule has 6 heteroatoms. The average Bonchev–Trinajstić information content (AvgIpc) is 2.41. The molecule has 96 valence electrons. The van der Waals surface area contributed by atoms with Crippen LogP contribution in [0.1, 0.15) is 5.56 Å². The van der Waals surface area contributed by atoms with Gasteiger partial charge >= 0.3 is 0 Å². The van der Waals surface area contributed by atoms with Gasteiger partial charge in [0.25, 0.3) is 5.69 Å². The van der Waals surface area contributed by atoms with Gasteiger partial charge in [-0.25, -0.2) is 0 Å². The minimum absolute atomic E-state index is 0.0178. The fourth-order valence-corrected chi connectivity index (χ4v) is 1.58. The SMILES string of the molecule is O=[N+]([O-])c1ccccc1N/N=C/c1ccc(Cl)cc1. The zero-order valence-corrected chi connectivity index (χ0v) is 10.5. The molecule has 0 saturated heterocycles. The molecule has 0 unspecified atom stereocenters. The van der Waals surface area contributed by atoms with Crippen molar-refractivity contribution in [1.29, 1.82) is 0 Å². The molecule has 0 aliphatic heterocycles. The van der Waals surface area contributed by atoms with Crippen LogP contribution >= 0.6 is 11.6 Å². The van der Waals surface area contributed by atoms with E-state index >= 15 is 0 Å². The van der Waals surface area contributed by atoms with E-state index in [1.165, 1.54) is 6.07 Å². The number of nitrogens with one attached hydrogen (secondary N) is 1. The molecule has 0 spiro atoms. The maximum absolute atomic E-state index is 10.8. The van der Waals surface area contributed by atoms with E-state index in [-0.39, 0.29) is 5.69 Å². The first-order chi connectivity index (χ1) is 9.16. The van der Waals surface area contributed by atoms with Crippen LogP contribution in [-0.2, 0) is 0 Å². The molecule has 0 aliphatic rings. The molecule has 2 rings (SSSR count). The van der Waals surface area contributed by atoms with Crippen LogP contribution in [0.25, 0.3) is 0 Å². The molecule has 0 atom stereocenters. The Morgan fingerprint density at radius 1 is 1.16 bits per heavy atom. The summed E-state index contributed by atoms with van der Waals surface area (Å²) < 4.78 is 0. The van der Waals surface area contributed by atoms with Gasteiger partial charge in [0.05, 0.1) is 11.1 Å². The summed E-state index contributed by atoms with van der Waals surface area (Å²) in [6, 6.07) is 13.4. The van der Waals surface area contributed by atoms with Gasteiger partial charge in [-0.1, -0.05) is 35.9 Å². The zero-order valence-electron chi connectivity index (χ0n) is 9.79. The van der Waals surface area contributed by atoms with Crippen LogP contribution in [0.2, 0.25) is 5.02 Å². The molecule has 5 nitrogen and oxygen atoms in total. The van der Waals surface area contributed by atoms with Crippen LogP contribution in [0.15, 0.2) is 53.6 Å². The highest BCUT2D eigenvalue weighted by atomic mass is 35.5. The number of nitro groups is 1. The third-order valence-corrected chi connectivity index (χ3v) is 2.62. The first-order valence-corrected chi connectivity index (χ1v) is 5.82. The maximum atomic E-state index is 10.8. The lowest BCUT2D eigenvalue weighted by atomic mass is 10.2. The Hall–Kier alpha value is -2.40. The molecule has 19 heavy (non-hydrogen) atoms. The topological polar surface area (TPSA) is 67.5 Å². The average molecular weight is 276 g/mol. The number of anilines is 1. The van der Waals surface area contributed by atoms with Gasteiger partial charge in [0.2, 0.25) is 0 Å². The second kappa shape index (κ2) is 5.97.